The first-order chi connectivity index (χ1) is 13.1. The first-order valence-electron chi connectivity index (χ1n) is 8.46. The van der Waals surface area contributed by atoms with Crippen LogP contribution < -0.4 is 10.1 Å². The second kappa shape index (κ2) is 8.18. The Labute approximate surface area is 156 Å². The summed E-state index contributed by atoms with van der Waals surface area (Å²) in [4.78, 5) is 24.5. The summed E-state index contributed by atoms with van der Waals surface area (Å²) in [5.74, 6) is 0.193. The summed E-state index contributed by atoms with van der Waals surface area (Å²) >= 11 is 0. The number of hydrogen-bond donors (Lipinski definition) is 1. The Morgan fingerprint density at radius 3 is 2.30 bits per heavy atom. The van der Waals surface area contributed by atoms with Gasteiger partial charge in [0.15, 0.2) is 5.69 Å². The minimum atomic E-state index is -0.684. The third-order valence-corrected chi connectivity index (χ3v) is 3.77. The number of esters is 1. The van der Waals surface area contributed by atoms with E-state index < -0.39 is 12.1 Å². The number of nitrogens with one attached hydrogen (secondary N) is 1. The van der Waals surface area contributed by atoms with E-state index in [1.165, 1.54) is 4.68 Å². The van der Waals surface area contributed by atoms with Crippen molar-refractivity contribution >= 4 is 17.9 Å². The van der Waals surface area contributed by atoms with E-state index in [0.29, 0.717) is 22.8 Å². The van der Waals surface area contributed by atoms with Gasteiger partial charge in [-0.2, -0.15) is 5.10 Å². The molecule has 0 fully saturated rings. The van der Waals surface area contributed by atoms with Gasteiger partial charge in [-0.1, -0.05) is 36.4 Å². The molecule has 3 rings (SSSR count). The van der Waals surface area contributed by atoms with Crippen molar-refractivity contribution in [3.63, 3.8) is 0 Å². The zero-order valence-corrected chi connectivity index (χ0v) is 15.0. The Morgan fingerprint density at radius 1 is 1.04 bits per heavy atom. The maximum absolute atomic E-state index is 12.3. The van der Waals surface area contributed by atoms with Gasteiger partial charge in [-0.15, -0.1) is 0 Å². The Kier molecular flexibility index (Phi) is 5.51. The lowest BCUT2D eigenvalue weighted by Gasteiger charge is -2.10. The SMILES string of the molecule is CCOC(=O)c1nn(-c2ccccc2)c(NC(=O)Oc2ccccc2)c1C. The quantitative estimate of drug-likeness (QED) is 0.692. The zero-order chi connectivity index (χ0) is 19.2. The van der Waals surface area contributed by atoms with Crippen LogP contribution in [-0.4, -0.2) is 28.4 Å². The van der Waals surface area contributed by atoms with Gasteiger partial charge in [0.1, 0.15) is 11.6 Å². The Morgan fingerprint density at radius 2 is 1.67 bits per heavy atom. The van der Waals surface area contributed by atoms with Crippen LogP contribution in [0.5, 0.6) is 5.75 Å². The summed E-state index contributed by atoms with van der Waals surface area (Å²) < 4.78 is 11.8. The fraction of sp³-hybridized carbons (Fsp3) is 0.150. The van der Waals surface area contributed by atoms with E-state index in [0.717, 1.165) is 0 Å². The largest absolute Gasteiger partial charge is 0.461 e. The Hall–Kier alpha value is -3.61. The number of nitrogens with zero attached hydrogens (tertiary/aromatic N) is 2. The molecule has 1 heterocycles. The maximum atomic E-state index is 12.3. The molecule has 27 heavy (non-hydrogen) atoms. The summed E-state index contributed by atoms with van der Waals surface area (Å²) in [7, 11) is 0. The number of amides is 1. The molecule has 2 aromatic carbocycles. The molecule has 0 aliphatic carbocycles. The fourth-order valence-corrected chi connectivity index (χ4v) is 2.51. The number of carbonyl (C=O) groups is 2. The number of rotatable bonds is 5. The molecule has 1 aromatic heterocycles. The van der Waals surface area contributed by atoms with Gasteiger partial charge in [0.2, 0.25) is 0 Å². The van der Waals surface area contributed by atoms with Crippen molar-refractivity contribution in [2.75, 3.05) is 11.9 Å². The molecule has 1 amide bonds. The van der Waals surface area contributed by atoms with E-state index in [2.05, 4.69) is 10.4 Å². The van der Waals surface area contributed by atoms with Gasteiger partial charge in [-0.25, -0.2) is 14.3 Å². The molecule has 0 saturated carbocycles. The molecule has 0 spiro atoms. The minimum Gasteiger partial charge on any atom is -0.461 e. The van der Waals surface area contributed by atoms with Crippen molar-refractivity contribution in [1.29, 1.82) is 0 Å². The average Bonchev–Trinajstić information content (AvgIpc) is 3.00. The molecule has 1 N–H and O–H groups in total. The third kappa shape index (κ3) is 4.14. The van der Waals surface area contributed by atoms with Crippen molar-refractivity contribution in [3.8, 4) is 11.4 Å². The van der Waals surface area contributed by atoms with E-state index in [-0.39, 0.29) is 12.3 Å². The van der Waals surface area contributed by atoms with Gasteiger partial charge in [-0.05, 0) is 38.1 Å². The summed E-state index contributed by atoms with van der Waals surface area (Å²) in [5, 5.41) is 7.01. The predicted octanol–water partition coefficient (Wildman–Crippen LogP) is 3.97. The van der Waals surface area contributed by atoms with Crippen LogP contribution in [0.1, 0.15) is 23.0 Å². The highest BCUT2D eigenvalue weighted by Crippen LogP contribution is 2.24. The van der Waals surface area contributed by atoms with Gasteiger partial charge >= 0.3 is 12.1 Å². The molecule has 3 aromatic rings. The molecule has 0 unspecified atom stereocenters. The van der Waals surface area contributed by atoms with Crippen molar-refractivity contribution < 1.29 is 19.1 Å². The van der Waals surface area contributed by atoms with Crippen molar-refractivity contribution in [2.24, 2.45) is 0 Å². The molecule has 0 radical (unpaired) electrons. The standard InChI is InChI=1S/C20H19N3O4/c1-3-26-19(24)17-14(2)18(23(22-17)15-10-6-4-7-11-15)21-20(25)27-16-12-8-5-9-13-16/h4-13H,3H2,1-2H3,(H,21,25). The highest BCUT2D eigenvalue weighted by Gasteiger charge is 2.23. The highest BCUT2D eigenvalue weighted by atomic mass is 16.6. The monoisotopic (exact) mass is 365 g/mol. The molecule has 0 saturated heterocycles. The number of para-hydroxylation sites is 2. The van der Waals surface area contributed by atoms with Crippen LogP contribution in [0.25, 0.3) is 5.69 Å². The first-order valence-corrected chi connectivity index (χ1v) is 8.46. The maximum Gasteiger partial charge on any atom is 0.418 e. The van der Waals surface area contributed by atoms with Gasteiger partial charge in [0.25, 0.3) is 0 Å². The highest BCUT2D eigenvalue weighted by molar-refractivity contribution is 5.93. The molecule has 7 nitrogen and oxygen atoms in total. The fourth-order valence-electron chi connectivity index (χ4n) is 2.51. The van der Waals surface area contributed by atoms with Crippen molar-refractivity contribution in [2.45, 2.75) is 13.8 Å². The number of benzene rings is 2. The van der Waals surface area contributed by atoms with E-state index in [4.69, 9.17) is 9.47 Å². The summed E-state index contributed by atoms with van der Waals surface area (Å²) in [5.41, 5.74) is 1.31. The number of anilines is 1. The number of ether oxygens (including phenoxy) is 2. The number of hydrogen-bond acceptors (Lipinski definition) is 5. The van der Waals surface area contributed by atoms with Crippen LogP contribution in [0.15, 0.2) is 60.7 Å². The second-order valence-electron chi connectivity index (χ2n) is 5.62. The van der Waals surface area contributed by atoms with E-state index >= 15 is 0 Å². The molecule has 0 aliphatic heterocycles. The van der Waals surface area contributed by atoms with Gasteiger partial charge in [0.05, 0.1) is 12.3 Å². The summed E-state index contributed by atoms with van der Waals surface area (Å²) in [6.07, 6.45) is -0.684. The van der Waals surface area contributed by atoms with E-state index in [9.17, 15) is 9.59 Å². The Bertz CT molecular complexity index is 937. The van der Waals surface area contributed by atoms with Gasteiger partial charge in [-0.3, -0.25) is 5.32 Å². The van der Waals surface area contributed by atoms with E-state index in [1.807, 2.05) is 36.4 Å². The zero-order valence-electron chi connectivity index (χ0n) is 15.0. The van der Waals surface area contributed by atoms with Crippen LogP contribution in [0.4, 0.5) is 10.6 Å². The smallest absolute Gasteiger partial charge is 0.418 e. The van der Waals surface area contributed by atoms with Crippen LogP contribution in [0, 0.1) is 6.92 Å². The lowest BCUT2D eigenvalue weighted by atomic mass is 10.2. The lowest BCUT2D eigenvalue weighted by Crippen LogP contribution is -2.19. The first kappa shape index (κ1) is 18.2. The number of aromatic nitrogens is 2. The minimum absolute atomic E-state index is 0.135. The molecular weight excluding hydrogens is 346 g/mol. The molecule has 0 atom stereocenters. The average molecular weight is 365 g/mol. The van der Waals surface area contributed by atoms with Crippen LogP contribution in [0.2, 0.25) is 0 Å². The van der Waals surface area contributed by atoms with Crippen LogP contribution >= 0.6 is 0 Å². The Balaban J connectivity index is 1.94. The lowest BCUT2D eigenvalue weighted by molar-refractivity contribution is 0.0518. The third-order valence-electron chi connectivity index (χ3n) is 3.77. The predicted molar refractivity (Wildman–Crippen MR) is 100 cm³/mol. The van der Waals surface area contributed by atoms with Crippen LogP contribution in [0.3, 0.4) is 0 Å². The van der Waals surface area contributed by atoms with Gasteiger partial charge < -0.3 is 9.47 Å². The molecule has 7 heteroatoms. The summed E-state index contributed by atoms with van der Waals surface area (Å²) in [6.45, 7) is 3.64. The van der Waals surface area contributed by atoms with E-state index in [1.54, 1.807) is 38.1 Å². The van der Waals surface area contributed by atoms with Gasteiger partial charge in [0, 0.05) is 5.56 Å². The van der Waals surface area contributed by atoms with Crippen molar-refractivity contribution in [3.05, 3.63) is 71.9 Å². The summed E-state index contributed by atoms with van der Waals surface area (Å²) in [6, 6.07) is 17.9. The topological polar surface area (TPSA) is 82.5 Å². The normalized spacial score (nSPS) is 10.3. The molecule has 138 valence electrons. The molecular formula is C20H19N3O4. The number of carbonyl (C=O) groups excluding carboxylic acids is 2. The molecule has 0 bridgehead atoms. The van der Waals surface area contributed by atoms with Crippen LogP contribution in [-0.2, 0) is 4.74 Å². The molecule has 0 aliphatic rings. The van der Waals surface area contributed by atoms with Crippen molar-refractivity contribution in [1.82, 2.24) is 9.78 Å². The second-order valence-corrected chi connectivity index (χ2v) is 5.62.